The third-order valence-electron chi connectivity index (χ3n) is 3.01. The molecule has 2 aromatic rings. The fourth-order valence-electron chi connectivity index (χ4n) is 2.02. The summed E-state index contributed by atoms with van der Waals surface area (Å²) in [5, 5.41) is 2.76. The van der Waals surface area contributed by atoms with Crippen molar-refractivity contribution < 1.29 is 9.47 Å². The molecule has 0 saturated heterocycles. The molecule has 6 heteroatoms. The van der Waals surface area contributed by atoms with Gasteiger partial charge in [0.1, 0.15) is 0 Å². The number of alkyl halides is 1. The third kappa shape index (κ3) is 2.86. The highest BCUT2D eigenvalue weighted by molar-refractivity contribution is 9.11. The van der Waals surface area contributed by atoms with Gasteiger partial charge in [0.15, 0.2) is 11.5 Å². The Kier molecular flexibility index (Phi) is 4.60. The van der Waals surface area contributed by atoms with E-state index in [4.69, 9.17) is 21.1 Å². The lowest BCUT2D eigenvalue weighted by atomic mass is 10.1. The lowest BCUT2D eigenvalue weighted by Crippen LogP contribution is -1.97. The van der Waals surface area contributed by atoms with Crippen LogP contribution in [0.3, 0.4) is 0 Å². The Balaban J connectivity index is 2.01. The van der Waals surface area contributed by atoms with E-state index < -0.39 is 0 Å². The first kappa shape index (κ1) is 14.7. The van der Waals surface area contributed by atoms with Gasteiger partial charge in [0, 0.05) is 15.8 Å². The summed E-state index contributed by atoms with van der Waals surface area (Å²) in [6.07, 6.45) is 0.899. The second kappa shape index (κ2) is 6.26. The molecule has 0 fully saturated rings. The van der Waals surface area contributed by atoms with Crippen LogP contribution in [0.4, 0.5) is 0 Å². The summed E-state index contributed by atoms with van der Waals surface area (Å²) in [7, 11) is 0. The Morgan fingerprint density at radius 2 is 1.90 bits per heavy atom. The van der Waals surface area contributed by atoms with E-state index in [-0.39, 0.29) is 4.83 Å². The van der Waals surface area contributed by atoms with Crippen LogP contribution in [0.15, 0.2) is 28.1 Å². The minimum Gasteiger partial charge on any atom is -0.490 e. The third-order valence-corrected chi connectivity index (χ3v) is 6.38. The van der Waals surface area contributed by atoms with Crippen LogP contribution in [-0.4, -0.2) is 13.2 Å². The molecule has 0 radical (unpaired) electrons. The largest absolute Gasteiger partial charge is 0.490 e. The van der Waals surface area contributed by atoms with Gasteiger partial charge in [0.25, 0.3) is 0 Å². The predicted molar refractivity (Wildman–Crippen MR) is 89.8 cm³/mol. The first-order valence-electron chi connectivity index (χ1n) is 6.13. The van der Waals surface area contributed by atoms with E-state index in [1.165, 1.54) is 0 Å². The average molecular weight is 439 g/mol. The van der Waals surface area contributed by atoms with Crippen molar-refractivity contribution in [1.82, 2.24) is 0 Å². The van der Waals surface area contributed by atoms with Crippen molar-refractivity contribution in [3.8, 4) is 11.5 Å². The van der Waals surface area contributed by atoms with E-state index in [1.54, 1.807) is 11.3 Å². The first-order valence-corrected chi connectivity index (χ1v) is 9.09. The highest BCUT2D eigenvalue weighted by Gasteiger charge is 2.21. The smallest absolute Gasteiger partial charge is 0.162 e. The summed E-state index contributed by atoms with van der Waals surface area (Å²) in [5.74, 6) is 1.58. The van der Waals surface area contributed by atoms with Gasteiger partial charge in [-0.05, 0) is 29.1 Å². The maximum atomic E-state index is 6.22. The van der Waals surface area contributed by atoms with Crippen molar-refractivity contribution in [3.05, 3.63) is 43.5 Å². The average Bonchev–Trinajstić information content (AvgIpc) is 2.72. The molecular weight excluding hydrogens is 427 g/mol. The number of hydrogen-bond acceptors (Lipinski definition) is 3. The van der Waals surface area contributed by atoms with Gasteiger partial charge in [-0.1, -0.05) is 43.5 Å². The molecule has 0 aliphatic carbocycles. The van der Waals surface area contributed by atoms with E-state index in [1.807, 2.05) is 23.6 Å². The van der Waals surface area contributed by atoms with Gasteiger partial charge in [-0.2, -0.15) is 0 Å². The number of benzene rings is 1. The zero-order valence-corrected chi connectivity index (χ0v) is 15.1. The topological polar surface area (TPSA) is 18.5 Å². The standard InChI is InChI=1S/C14H11Br2ClO2S/c15-9-7-12-11(18-3-1-4-19-12)6-8(9)13(16)14-10(17)2-5-20-14/h2,5-7,13H,1,3-4H2. The molecule has 1 aliphatic rings. The van der Waals surface area contributed by atoms with Crippen molar-refractivity contribution in [3.63, 3.8) is 0 Å². The Bertz CT molecular complexity index is 630. The quantitative estimate of drug-likeness (QED) is 0.551. The highest BCUT2D eigenvalue weighted by atomic mass is 79.9. The van der Waals surface area contributed by atoms with Crippen LogP contribution in [0.2, 0.25) is 5.02 Å². The monoisotopic (exact) mass is 436 g/mol. The van der Waals surface area contributed by atoms with E-state index in [0.29, 0.717) is 13.2 Å². The fourth-order valence-corrected chi connectivity index (χ4v) is 5.12. The summed E-state index contributed by atoms with van der Waals surface area (Å²) >= 11 is 15.2. The molecule has 1 aromatic carbocycles. The highest BCUT2D eigenvalue weighted by Crippen LogP contribution is 2.45. The first-order chi connectivity index (χ1) is 9.66. The second-order valence-electron chi connectivity index (χ2n) is 4.37. The molecule has 2 nitrogen and oxygen atoms in total. The lowest BCUT2D eigenvalue weighted by molar-refractivity contribution is 0.297. The lowest BCUT2D eigenvalue weighted by Gasteiger charge is -2.15. The second-order valence-corrected chi connectivity index (χ2v) is 7.49. The SMILES string of the molecule is Clc1ccsc1C(Br)c1cc2c(cc1Br)OCCCO2. The normalized spacial score (nSPS) is 15.8. The molecule has 0 amide bonds. The number of thiophene rings is 1. The summed E-state index contributed by atoms with van der Waals surface area (Å²) in [6.45, 7) is 1.37. The molecule has 0 spiro atoms. The van der Waals surface area contributed by atoms with E-state index >= 15 is 0 Å². The molecule has 1 aliphatic heterocycles. The zero-order valence-electron chi connectivity index (χ0n) is 10.4. The van der Waals surface area contributed by atoms with Crippen LogP contribution in [0.1, 0.15) is 21.7 Å². The van der Waals surface area contributed by atoms with Crippen molar-refractivity contribution in [2.24, 2.45) is 0 Å². The van der Waals surface area contributed by atoms with Gasteiger partial charge < -0.3 is 9.47 Å². The molecule has 0 saturated carbocycles. The Hall–Kier alpha value is -0.230. The van der Waals surface area contributed by atoms with Crippen LogP contribution in [0, 0.1) is 0 Å². The van der Waals surface area contributed by atoms with Crippen LogP contribution in [0.5, 0.6) is 11.5 Å². The molecular formula is C14H11Br2ClO2S. The van der Waals surface area contributed by atoms with Crippen LogP contribution >= 0.6 is 54.8 Å². The summed E-state index contributed by atoms with van der Waals surface area (Å²) in [4.78, 5) is 1.11. The van der Waals surface area contributed by atoms with Gasteiger partial charge in [-0.25, -0.2) is 0 Å². The van der Waals surface area contributed by atoms with Gasteiger partial charge in [-0.15, -0.1) is 11.3 Å². The van der Waals surface area contributed by atoms with Crippen molar-refractivity contribution in [2.45, 2.75) is 11.2 Å². The predicted octanol–water partition coefficient (Wildman–Crippen LogP) is 5.81. The number of hydrogen-bond donors (Lipinski definition) is 0. The molecule has 1 unspecified atom stereocenters. The number of fused-ring (bicyclic) bond motifs is 1. The van der Waals surface area contributed by atoms with Crippen LogP contribution in [0.25, 0.3) is 0 Å². The van der Waals surface area contributed by atoms with Crippen molar-refractivity contribution >= 4 is 54.8 Å². The maximum Gasteiger partial charge on any atom is 0.162 e. The number of ether oxygens (including phenoxy) is 2. The van der Waals surface area contributed by atoms with Gasteiger partial charge in [-0.3, -0.25) is 0 Å². The Labute approximate surface area is 143 Å². The van der Waals surface area contributed by atoms with E-state index in [2.05, 4.69) is 31.9 Å². The summed E-state index contributed by atoms with van der Waals surface area (Å²) < 4.78 is 12.4. The minimum atomic E-state index is 0.0292. The number of halogens is 3. The molecule has 0 bridgehead atoms. The molecule has 3 rings (SSSR count). The number of rotatable bonds is 2. The minimum absolute atomic E-state index is 0.0292. The van der Waals surface area contributed by atoms with Gasteiger partial charge in [0.2, 0.25) is 0 Å². The maximum absolute atomic E-state index is 6.22. The zero-order chi connectivity index (χ0) is 14.1. The molecule has 1 aromatic heterocycles. The van der Waals surface area contributed by atoms with Crippen LogP contribution in [-0.2, 0) is 0 Å². The van der Waals surface area contributed by atoms with Gasteiger partial charge >= 0.3 is 0 Å². The van der Waals surface area contributed by atoms with Crippen LogP contribution < -0.4 is 9.47 Å². The molecule has 106 valence electrons. The summed E-state index contributed by atoms with van der Waals surface area (Å²) in [5.41, 5.74) is 1.08. The Morgan fingerprint density at radius 3 is 2.55 bits per heavy atom. The summed E-state index contributed by atoms with van der Waals surface area (Å²) in [6, 6.07) is 5.89. The van der Waals surface area contributed by atoms with E-state index in [9.17, 15) is 0 Å². The molecule has 1 atom stereocenters. The Morgan fingerprint density at radius 1 is 1.20 bits per heavy atom. The molecule has 20 heavy (non-hydrogen) atoms. The van der Waals surface area contributed by atoms with Crippen molar-refractivity contribution in [1.29, 1.82) is 0 Å². The fraction of sp³-hybridized carbons (Fsp3) is 0.286. The molecule has 0 N–H and O–H groups in total. The molecule has 2 heterocycles. The van der Waals surface area contributed by atoms with Gasteiger partial charge in [0.05, 0.1) is 23.1 Å². The van der Waals surface area contributed by atoms with E-state index in [0.717, 1.165) is 37.9 Å². The van der Waals surface area contributed by atoms with Crippen molar-refractivity contribution in [2.75, 3.05) is 13.2 Å².